The first-order chi connectivity index (χ1) is 12.2. The van der Waals surface area contributed by atoms with Gasteiger partial charge >= 0.3 is 0 Å². The van der Waals surface area contributed by atoms with Gasteiger partial charge in [0.1, 0.15) is 11.5 Å². The molecule has 2 N–H and O–H groups in total. The van der Waals surface area contributed by atoms with Crippen LogP contribution in [0.1, 0.15) is 5.56 Å². The van der Waals surface area contributed by atoms with Crippen molar-refractivity contribution in [2.75, 3.05) is 10.6 Å². The van der Waals surface area contributed by atoms with Crippen LogP contribution in [0.3, 0.4) is 0 Å². The topological polar surface area (TPSA) is 42.5 Å². The highest BCUT2D eigenvalue weighted by Gasteiger charge is 2.51. The van der Waals surface area contributed by atoms with Crippen molar-refractivity contribution < 1.29 is 9.47 Å². The second kappa shape index (κ2) is 5.33. The monoisotopic (exact) mass is 350 g/mol. The Balaban J connectivity index is 1.60. The minimum Gasteiger partial charge on any atom is -0.462 e. The zero-order valence-corrected chi connectivity index (χ0v) is 14.0. The fraction of sp³-hybridized carbons (Fsp3) is 0.100. The van der Waals surface area contributed by atoms with E-state index in [2.05, 4.69) is 10.6 Å². The Morgan fingerprint density at radius 1 is 0.800 bits per heavy atom. The van der Waals surface area contributed by atoms with Gasteiger partial charge in [-0.1, -0.05) is 48.0 Å². The summed E-state index contributed by atoms with van der Waals surface area (Å²) >= 11 is 6.08. The number of halogens is 1. The minimum absolute atomic E-state index is 0.432. The first-order valence-electron chi connectivity index (χ1n) is 8.09. The van der Waals surface area contributed by atoms with Crippen molar-refractivity contribution in [1.29, 1.82) is 0 Å². The van der Waals surface area contributed by atoms with E-state index in [-0.39, 0.29) is 0 Å². The number of rotatable bonds is 2. The number of hydrogen-bond donors (Lipinski definition) is 2. The molecule has 2 aliphatic heterocycles. The molecule has 2 aliphatic rings. The molecular formula is C20H15ClN2O2. The smallest absolute Gasteiger partial charge is 0.263 e. The predicted molar refractivity (Wildman–Crippen MR) is 98.3 cm³/mol. The summed E-state index contributed by atoms with van der Waals surface area (Å²) in [5, 5.41) is 7.61. The Bertz CT molecular complexity index is 892. The Kier molecular flexibility index (Phi) is 3.09. The van der Waals surface area contributed by atoms with Gasteiger partial charge in [0, 0.05) is 10.6 Å². The lowest BCUT2D eigenvalue weighted by Gasteiger charge is -2.34. The molecule has 2 heterocycles. The number of para-hydroxylation sites is 4. The van der Waals surface area contributed by atoms with E-state index in [0.717, 1.165) is 28.4 Å². The van der Waals surface area contributed by atoms with Crippen LogP contribution in [0, 0.1) is 0 Å². The number of benzene rings is 3. The van der Waals surface area contributed by atoms with Crippen LogP contribution in [0.15, 0.2) is 72.8 Å². The van der Waals surface area contributed by atoms with Gasteiger partial charge in [0.2, 0.25) is 6.23 Å². The molecule has 0 radical (unpaired) electrons. The van der Waals surface area contributed by atoms with Gasteiger partial charge in [0.05, 0.1) is 11.4 Å². The van der Waals surface area contributed by atoms with Gasteiger partial charge in [-0.15, -0.1) is 0 Å². The van der Waals surface area contributed by atoms with Gasteiger partial charge in [0.15, 0.2) is 0 Å². The Morgan fingerprint density at radius 3 is 2.20 bits per heavy atom. The van der Waals surface area contributed by atoms with Crippen molar-refractivity contribution in [2.24, 2.45) is 0 Å². The lowest BCUT2D eigenvalue weighted by Crippen LogP contribution is -2.53. The molecule has 0 saturated heterocycles. The maximum atomic E-state index is 6.39. The molecular weight excluding hydrogens is 336 g/mol. The second-order valence-corrected chi connectivity index (χ2v) is 6.54. The number of ether oxygens (including phenoxy) is 2. The first-order valence-corrected chi connectivity index (χ1v) is 8.47. The third-order valence-electron chi connectivity index (χ3n) is 4.54. The summed E-state index contributed by atoms with van der Waals surface area (Å²) in [6.07, 6.45) is -0.432. The summed E-state index contributed by atoms with van der Waals surface area (Å²) in [5.74, 6) is 1.60. The number of nitrogens with one attached hydrogen (secondary N) is 2. The van der Waals surface area contributed by atoms with Crippen LogP contribution in [-0.4, -0.2) is 6.23 Å². The van der Waals surface area contributed by atoms with E-state index >= 15 is 0 Å². The summed E-state index contributed by atoms with van der Waals surface area (Å²) in [7, 11) is 0. The molecule has 0 bridgehead atoms. The second-order valence-electron chi connectivity index (χ2n) is 6.10. The molecule has 0 aromatic heterocycles. The van der Waals surface area contributed by atoms with Crippen molar-refractivity contribution in [1.82, 2.24) is 0 Å². The number of hydrogen-bond acceptors (Lipinski definition) is 4. The summed E-state index contributed by atoms with van der Waals surface area (Å²) in [4.78, 5) is 0. The molecule has 25 heavy (non-hydrogen) atoms. The normalized spacial score (nSPS) is 22.8. The molecule has 0 aliphatic carbocycles. The molecule has 0 saturated carbocycles. The molecule has 5 heteroatoms. The van der Waals surface area contributed by atoms with Gasteiger partial charge in [-0.05, 0) is 36.4 Å². The van der Waals surface area contributed by atoms with E-state index in [1.165, 1.54) is 0 Å². The van der Waals surface area contributed by atoms with E-state index in [1.54, 1.807) is 0 Å². The van der Waals surface area contributed by atoms with Crippen LogP contribution >= 0.6 is 11.6 Å². The van der Waals surface area contributed by atoms with Crippen LogP contribution in [0.5, 0.6) is 11.5 Å². The summed E-state index contributed by atoms with van der Waals surface area (Å²) < 4.78 is 12.6. The highest BCUT2D eigenvalue weighted by atomic mass is 35.5. The Morgan fingerprint density at radius 2 is 1.48 bits per heavy atom. The predicted octanol–water partition coefficient (Wildman–Crippen LogP) is 4.83. The number of fused-ring (bicyclic) bond motifs is 2. The van der Waals surface area contributed by atoms with Gasteiger partial charge in [-0.3, -0.25) is 0 Å². The number of anilines is 2. The SMILES string of the molecule is Clc1ccc(C2(C3Nc4ccccc4O3)Nc3ccccc3O2)cc1. The Labute approximate surface area is 150 Å². The van der Waals surface area contributed by atoms with E-state index in [4.69, 9.17) is 21.1 Å². The fourth-order valence-electron chi connectivity index (χ4n) is 3.33. The zero-order valence-electron chi connectivity index (χ0n) is 13.2. The van der Waals surface area contributed by atoms with Crippen molar-refractivity contribution in [2.45, 2.75) is 12.0 Å². The lowest BCUT2D eigenvalue weighted by atomic mass is 10.0. The highest BCUT2D eigenvalue weighted by Crippen LogP contribution is 2.47. The standard InChI is InChI=1S/C20H15ClN2O2/c21-14-11-9-13(10-12-14)20(23-16-6-2-4-8-18(16)25-20)19-22-15-5-1-3-7-17(15)24-19/h1-12,19,22-23H. The van der Waals surface area contributed by atoms with Crippen LogP contribution in [0.4, 0.5) is 11.4 Å². The van der Waals surface area contributed by atoms with Crippen molar-refractivity contribution >= 4 is 23.0 Å². The van der Waals surface area contributed by atoms with Crippen LogP contribution in [0.25, 0.3) is 0 Å². The zero-order chi connectivity index (χ0) is 16.9. The molecule has 4 nitrogen and oxygen atoms in total. The van der Waals surface area contributed by atoms with E-state index in [1.807, 2.05) is 72.8 Å². The average molecular weight is 351 g/mol. The maximum absolute atomic E-state index is 6.39. The molecule has 124 valence electrons. The van der Waals surface area contributed by atoms with Gasteiger partial charge < -0.3 is 20.1 Å². The molecule has 3 aromatic carbocycles. The molecule has 3 aromatic rings. The highest BCUT2D eigenvalue weighted by molar-refractivity contribution is 6.30. The van der Waals surface area contributed by atoms with Crippen LogP contribution < -0.4 is 20.1 Å². The third-order valence-corrected chi connectivity index (χ3v) is 4.79. The molecule has 0 fully saturated rings. The minimum atomic E-state index is -0.896. The van der Waals surface area contributed by atoms with Gasteiger partial charge in [0.25, 0.3) is 5.72 Å². The molecule has 0 amide bonds. The fourth-order valence-corrected chi connectivity index (χ4v) is 3.45. The van der Waals surface area contributed by atoms with Crippen molar-refractivity contribution in [3.8, 4) is 11.5 Å². The van der Waals surface area contributed by atoms with Crippen LogP contribution in [0.2, 0.25) is 5.02 Å². The lowest BCUT2D eigenvalue weighted by molar-refractivity contribution is 0.0111. The molecule has 0 spiro atoms. The van der Waals surface area contributed by atoms with Crippen molar-refractivity contribution in [3.63, 3.8) is 0 Å². The van der Waals surface area contributed by atoms with Crippen LogP contribution in [-0.2, 0) is 5.72 Å². The summed E-state index contributed by atoms with van der Waals surface area (Å²) in [6.45, 7) is 0. The largest absolute Gasteiger partial charge is 0.462 e. The Hall–Kier alpha value is -2.85. The average Bonchev–Trinajstić information content (AvgIpc) is 3.24. The molecule has 2 atom stereocenters. The summed E-state index contributed by atoms with van der Waals surface area (Å²) in [5.41, 5.74) is 1.91. The van der Waals surface area contributed by atoms with Gasteiger partial charge in [-0.25, -0.2) is 0 Å². The van der Waals surface area contributed by atoms with E-state index in [0.29, 0.717) is 5.02 Å². The molecule has 2 unspecified atom stereocenters. The third kappa shape index (κ3) is 2.22. The van der Waals surface area contributed by atoms with E-state index < -0.39 is 12.0 Å². The first kappa shape index (κ1) is 14.5. The van der Waals surface area contributed by atoms with E-state index in [9.17, 15) is 0 Å². The maximum Gasteiger partial charge on any atom is 0.263 e. The quantitative estimate of drug-likeness (QED) is 0.694. The van der Waals surface area contributed by atoms with Gasteiger partial charge in [-0.2, -0.15) is 0 Å². The molecule has 5 rings (SSSR count). The summed E-state index contributed by atoms with van der Waals surface area (Å²) in [6, 6.07) is 23.4. The van der Waals surface area contributed by atoms with Crippen molar-refractivity contribution in [3.05, 3.63) is 83.4 Å².